The summed E-state index contributed by atoms with van der Waals surface area (Å²) in [5.74, 6) is 0. The molecular formula is C25H29BrOSi. The van der Waals surface area contributed by atoms with E-state index < -0.39 is 8.32 Å². The second-order valence-electron chi connectivity index (χ2n) is 8.50. The Morgan fingerprint density at radius 2 is 1.21 bits per heavy atom. The summed E-state index contributed by atoms with van der Waals surface area (Å²) in [5.41, 5.74) is 3.73. The van der Waals surface area contributed by atoms with Crippen LogP contribution in [0, 0.1) is 13.8 Å². The van der Waals surface area contributed by atoms with Crippen LogP contribution in [0.3, 0.4) is 0 Å². The molecule has 0 bridgehead atoms. The van der Waals surface area contributed by atoms with Gasteiger partial charge >= 0.3 is 0 Å². The maximum absolute atomic E-state index is 7.03. The van der Waals surface area contributed by atoms with E-state index in [9.17, 15) is 0 Å². The lowest BCUT2D eigenvalue weighted by Gasteiger charge is -2.43. The first-order valence-corrected chi connectivity index (χ1v) is 12.5. The molecule has 0 aliphatic carbocycles. The monoisotopic (exact) mass is 452 g/mol. The first kappa shape index (κ1) is 21.0. The van der Waals surface area contributed by atoms with Gasteiger partial charge in [-0.05, 0) is 45.9 Å². The van der Waals surface area contributed by atoms with E-state index in [1.54, 1.807) is 0 Å². The number of rotatable bonds is 5. The van der Waals surface area contributed by atoms with E-state index in [2.05, 4.69) is 123 Å². The molecule has 1 nitrogen and oxygen atoms in total. The minimum absolute atomic E-state index is 0.00480. The predicted molar refractivity (Wildman–Crippen MR) is 126 cm³/mol. The molecule has 0 saturated carbocycles. The van der Waals surface area contributed by atoms with Gasteiger partial charge in [0, 0.05) is 4.47 Å². The van der Waals surface area contributed by atoms with Gasteiger partial charge in [0.1, 0.15) is 0 Å². The van der Waals surface area contributed by atoms with Crippen molar-refractivity contribution in [2.75, 3.05) is 0 Å². The summed E-state index contributed by atoms with van der Waals surface area (Å²) in [6, 6.07) is 26.1. The summed E-state index contributed by atoms with van der Waals surface area (Å²) in [6.45, 7) is 11.8. The van der Waals surface area contributed by atoms with Crippen LogP contribution in [0.5, 0.6) is 0 Å². The SMILES string of the molecule is Cc1cc(CO[Si](c2ccccc2)(c2ccccc2)C(C)(C)C)cc(C)c1Br. The van der Waals surface area contributed by atoms with Crippen molar-refractivity contribution in [1.29, 1.82) is 0 Å². The highest BCUT2D eigenvalue weighted by atomic mass is 79.9. The molecule has 0 heterocycles. The summed E-state index contributed by atoms with van der Waals surface area (Å²) < 4.78 is 8.21. The highest BCUT2D eigenvalue weighted by Crippen LogP contribution is 2.37. The van der Waals surface area contributed by atoms with Gasteiger partial charge in [-0.25, -0.2) is 0 Å². The minimum atomic E-state index is -2.49. The first-order chi connectivity index (χ1) is 13.3. The molecule has 0 aliphatic heterocycles. The van der Waals surface area contributed by atoms with E-state index in [1.807, 2.05) is 0 Å². The molecule has 0 atom stereocenters. The van der Waals surface area contributed by atoms with Crippen LogP contribution in [0.4, 0.5) is 0 Å². The second kappa shape index (κ2) is 8.36. The third-order valence-corrected chi connectivity index (χ3v) is 11.6. The summed E-state index contributed by atoms with van der Waals surface area (Å²) in [7, 11) is -2.49. The van der Waals surface area contributed by atoms with E-state index in [1.165, 1.54) is 31.5 Å². The molecule has 0 saturated heterocycles. The standard InChI is InChI=1S/C25H29BrOSi/c1-19-16-21(17-20(2)24(19)26)18-27-28(25(3,4)5,22-12-8-6-9-13-22)23-14-10-7-11-15-23/h6-17H,18H2,1-5H3. The summed E-state index contributed by atoms with van der Waals surface area (Å²) in [6.07, 6.45) is 0. The fourth-order valence-corrected chi connectivity index (χ4v) is 8.84. The van der Waals surface area contributed by atoms with Crippen LogP contribution < -0.4 is 10.4 Å². The quantitative estimate of drug-likeness (QED) is 0.422. The molecule has 0 fully saturated rings. The maximum atomic E-state index is 7.03. The molecule has 28 heavy (non-hydrogen) atoms. The molecule has 0 radical (unpaired) electrons. The first-order valence-electron chi connectivity index (χ1n) is 9.76. The van der Waals surface area contributed by atoms with Crippen LogP contribution >= 0.6 is 15.9 Å². The van der Waals surface area contributed by atoms with Crippen molar-refractivity contribution in [2.24, 2.45) is 0 Å². The lowest BCUT2D eigenvalue weighted by Crippen LogP contribution is -2.66. The molecule has 146 valence electrons. The molecule has 0 amide bonds. The van der Waals surface area contributed by atoms with Gasteiger partial charge in [0.2, 0.25) is 0 Å². The van der Waals surface area contributed by atoms with Crippen molar-refractivity contribution in [3.63, 3.8) is 0 Å². The van der Waals surface area contributed by atoms with Gasteiger partial charge in [0.05, 0.1) is 6.61 Å². The van der Waals surface area contributed by atoms with E-state index >= 15 is 0 Å². The molecule has 0 N–H and O–H groups in total. The van der Waals surface area contributed by atoms with Gasteiger partial charge in [-0.1, -0.05) is 109 Å². The van der Waals surface area contributed by atoms with Crippen LogP contribution in [-0.4, -0.2) is 8.32 Å². The Morgan fingerprint density at radius 1 is 0.786 bits per heavy atom. The fraction of sp³-hybridized carbons (Fsp3) is 0.280. The fourth-order valence-electron chi connectivity index (χ4n) is 4.07. The maximum Gasteiger partial charge on any atom is 0.261 e. The third kappa shape index (κ3) is 4.02. The van der Waals surface area contributed by atoms with Gasteiger partial charge in [-0.15, -0.1) is 0 Å². The molecule has 0 spiro atoms. The number of halogens is 1. The summed E-state index contributed by atoms with van der Waals surface area (Å²) in [4.78, 5) is 0. The van der Waals surface area contributed by atoms with Crippen LogP contribution in [0.15, 0.2) is 77.3 Å². The van der Waals surface area contributed by atoms with Crippen molar-refractivity contribution in [1.82, 2.24) is 0 Å². The molecular weight excluding hydrogens is 424 g/mol. The Labute approximate surface area is 179 Å². The Hall–Kier alpha value is -1.68. The zero-order valence-electron chi connectivity index (χ0n) is 17.4. The number of aryl methyl sites for hydroxylation is 2. The van der Waals surface area contributed by atoms with E-state index in [0.29, 0.717) is 6.61 Å². The van der Waals surface area contributed by atoms with Gasteiger partial charge in [-0.2, -0.15) is 0 Å². The third-order valence-electron chi connectivity index (χ3n) is 5.37. The Kier molecular flexibility index (Phi) is 6.28. The van der Waals surface area contributed by atoms with Crippen LogP contribution in [0.2, 0.25) is 5.04 Å². The second-order valence-corrected chi connectivity index (χ2v) is 13.6. The smallest absolute Gasteiger partial charge is 0.261 e. The minimum Gasteiger partial charge on any atom is -0.403 e. The summed E-state index contributed by atoms with van der Waals surface area (Å²) in [5, 5.41) is 2.63. The molecule has 3 rings (SSSR count). The zero-order valence-corrected chi connectivity index (χ0v) is 20.0. The number of benzene rings is 3. The molecule has 3 aromatic rings. The predicted octanol–water partition coefficient (Wildman–Crippen LogP) is 6.14. The molecule has 3 aromatic carbocycles. The van der Waals surface area contributed by atoms with E-state index in [-0.39, 0.29) is 5.04 Å². The van der Waals surface area contributed by atoms with Crippen molar-refractivity contribution >= 4 is 34.6 Å². The van der Waals surface area contributed by atoms with Crippen LogP contribution in [0.25, 0.3) is 0 Å². The molecule has 0 aliphatic rings. The highest BCUT2D eigenvalue weighted by Gasteiger charge is 2.50. The molecule has 3 heteroatoms. The highest BCUT2D eigenvalue weighted by molar-refractivity contribution is 9.10. The number of hydrogen-bond donors (Lipinski definition) is 0. The van der Waals surface area contributed by atoms with Gasteiger partial charge in [-0.3, -0.25) is 0 Å². The van der Waals surface area contributed by atoms with Crippen molar-refractivity contribution in [3.8, 4) is 0 Å². The largest absolute Gasteiger partial charge is 0.403 e. The Morgan fingerprint density at radius 3 is 1.61 bits per heavy atom. The van der Waals surface area contributed by atoms with Crippen molar-refractivity contribution in [2.45, 2.75) is 46.3 Å². The van der Waals surface area contributed by atoms with E-state index in [4.69, 9.17) is 4.43 Å². The van der Waals surface area contributed by atoms with Gasteiger partial charge in [0.15, 0.2) is 0 Å². The Bertz CT molecular complexity index is 867. The van der Waals surface area contributed by atoms with Gasteiger partial charge < -0.3 is 4.43 Å². The normalized spacial score (nSPS) is 12.2. The summed E-state index contributed by atoms with van der Waals surface area (Å²) >= 11 is 3.68. The van der Waals surface area contributed by atoms with Crippen molar-refractivity contribution in [3.05, 3.63) is 94.0 Å². The Balaban J connectivity index is 2.11. The van der Waals surface area contributed by atoms with Crippen molar-refractivity contribution < 1.29 is 4.43 Å². The average Bonchev–Trinajstić information content (AvgIpc) is 2.67. The lowest BCUT2D eigenvalue weighted by atomic mass is 10.1. The molecule has 0 aromatic heterocycles. The topological polar surface area (TPSA) is 9.23 Å². The average molecular weight is 453 g/mol. The van der Waals surface area contributed by atoms with Crippen LogP contribution in [0.1, 0.15) is 37.5 Å². The van der Waals surface area contributed by atoms with Gasteiger partial charge in [0.25, 0.3) is 8.32 Å². The molecule has 0 unspecified atom stereocenters. The lowest BCUT2D eigenvalue weighted by molar-refractivity contribution is 0.286. The van der Waals surface area contributed by atoms with E-state index in [0.717, 1.165) is 0 Å². The number of hydrogen-bond acceptors (Lipinski definition) is 1. The zero-order chi connectivity index (χ0) is 20.4. The van der Waals surface area contributed by atoms with Crippen LogP contribution in [-0.2, 0) is 11.0 Å².